The zero-order chi connectivity index (χ0) is 41.6. The molecule has 4 aromatic carbocycles. The van der Waals surface area contributed by atoms with E-state index in [2.05, 4.69) is 57.3 Å². The van der Waals surface area contributed by atoms with Gasteiger partial charge in [-0.25, -0.2) is 9.59 Å². The minimum absolute atomic E-state index is 0. The van der Waals surface area contributed by atoms with Gasteiger partial charge in [0.1, 0.15) is 33.6 Å². The smallest absolute Gasteiger partial charge is 0.348 e. The Hall–Kier alpha value is -5.36. The van der Waals surface area contributed by atoms with Crippen molar-refractivity contribution < 1.29 is 23.1 Å². The average molecular weight is 964 g/mol. The predicted octanol–water partition coefficient (Wildman–Crippen LogP) is 9.19. The summed E-state index contributed by atoms with van der Waals surface area (Å²) in [7, 11) is 3.19. The molecule has 0 saturated heterocycles. The van der Waals surface area contributed by atoms with Crippen molar-refractivity contribution >= 4 is 105 Å². The second kappa shape index (κ2) is 19.8. The number of nitrogens with zero attached hydrogens (tertiary/aromatic N) is 4. The third kappa shape index (κ3) is 9.33. The molecule has 1 amide bonds. The Bertz CT molecular complexity index is 2910. The average Bonchev–Trinajstić information content (AvgIpc) is 3.81. The quantitative estimate of drug-likeness (QED) is 0.0943. The molecule has 0 atom stereocenters. The molecule has 0 aliphatic heterocycles. The van der Waals surface area contributed by atoms with Crippen LogP contribution in [0, 0.1) is 0 Å². The Morgan fingerprint density at radius 1 is 0.717 bits per heavy atom. The lowest BCUT2D eigenvalue weighted by Gasteiger charge is -2.10. The number of aromatic nitrogens is 4. The maximum atomic E-state index is 13.0. The molecular weight excluding hydrogens is 922 g/mol. The van der Waals surface area contributed by atoms with Crippen LogP contribution in [0.2, 0.25) is 0 Å². The molecule has 0 saturated carbocycles. The minimum atomic E-state index is -0.379. The number of furan rings is 2. The van der Waals surface area contributed by atoms with Gasteiger partial charge in [-0.2, -0.15) is 9.97 Å². The molecule has 4 aromatic heterocycles. The summed E-state index contributed by atoms with van der Waals surface area (Å²) < 4.78 is 27.5. The van der Waals surface area contributed by atoms with Gasteiger partial charge in [-0.05, 0) is 67.2 Å². The predicted molar refractivity (Wildman–Crippen MR) is 245 cm³/mol. The molecule has 8 aromatic rings. The molecule has 60 heavy (non-hydrogen) atoms. The van der Waals surface area contributed by atoms with Gasteiger partial charge in [0.05, 0.1) is 32.8 Å². The summed E-state index contributed by atoms with van der Waals surface area (Å²) in [6, 6.07) is 25.9. The topological polar surface area (TPSA) is 168 Å². The molecule has 17 heteroatoms. The zero-order valence-electron chi connectivity index (χ0n) is 32.1. The van der Waals surface area contributed by atoms with Crippen LogP contribution in [0.5, 0.6) is 0 Å². The maximum absolute atomic E-state index is 13.0. The first-order valence-corrected chi connectivity index (χ1v) is 20.4. The number of amides is 1. The van der Waals surface area contributed by atoms with Gasteiger partial charge >= 0.3 is 11.4 Å². The normalized spacial score (nSPS) is 11.2. The Kier molecular flexibility index (Phi) is 14.6. The summed E-state index contributed by atoms with van der Waals surface area (Å²) in [5, 5.41) is 7.48. The molecule has 0 bridgehead atoms. The second-order valence-electron chi connectivity index (χ2n) is 13.2. The number of benzene rings is 4. The molecule has 0 aliphatic carbocycles. The van der Waals surface area contributed by atoms with E-state index in [0.29, 0.717) is 82.3 Å². The van der Waals surface area contributed by atoms with Gasteiger partial charge in [0, 0.05) is 68.2 Å². The monoisotopic (exact) mass is 961 g/mol. The number of carbonyl (C=O) groups is 1. The highest BCUT2D eigenvalue weighted by atomic mass is 79.9. The molecule has 312 valence electrons. The lowest BCUT2D eigenvalue weighted by atomic mass is 10.1. The van der Waals surface area contributed by atoms with Gasteiger partial charge in [0.15, 0.2) is 11.2 Å². The first-order chi connectivity index (χ1) is 28.6. The maximum Gasteiger partial charge on any atom is 0.348 e. The number of likely N-dealkylation sites (N-methyl/N-ethyl adjacent to an activating group) is 1. The van der Waals surface area contributed by atoms with E-state index in [-0.39, 0.29) is 31.3 Å². The van der Waals surface area contributed by atoms with Crippen molar-refractivity contribution in [3.8, 4) is 22.5 Å². The number of rotatable bonds is 13. The lowest BCUT2D eigenvalue weighted by molar-refractivity contribution is -0.115. The molecule has 0 unspecified atom stereocenters. The van der Waals surface area contributed by atoms with E-state index in [4.69, 9.17) is 30.1 Å². The number of halogens is 3. The highest BCUT2D eigenvalue weighted by Gasteiger charge is 2.21. The van der Waals surface area contributed by atoms with Crippen molar-refractivity contribution in [3.63, 3.8) is 0 Å². The third-order valence-electron chi connectivity index (χ3n) is 9.38. The van der Waals surface area contributed by atoms with Crippen molar-refractivity contribution in [1.82, 2.24) is 24.4 Å². The Morgan fingerprint density at radius 2 is 1.17 bits per heavy atom. The third-order valence-corrected chi connectivity index (χ3v) is 10.6. The molecule has 14 nitrogen and oxygen atoms in total. The fraction of sp³-hybridized carbons (Fsp3) is 0.233. The van der Waals surface area contributed by atoms with Gasteiger partial charge in [-0.15, -0.1) is 0 Å². The number of anilines is 2. The van der Waals surface area contributed by atoms with Gasteiger partial charge < -0.3 is 28.9 Å². The Balaban J connectivity index is 0.000000200. The summed E-state index contributed by atoms with van der Waals surface area (Å²) in [5.74, 6) is -0.122. The largest absolute Gasteiger partial charge is 0.452 e. The van der Waals surface area contributed by atoms with Crippen molar-refractivity contribution in [2.24, 2.45) is 0 Å². The molecule has 3 N–H and O–H groups in total. The number of methoxy groups -OCH3 is 2. The molecule has 8 rings (SSSR count). The van der Waals surface area contributed by atoms with E-state index in [9.17, 15) is 14.4 Å². The van der Waals surface area contributed by atoms with Gasteiger partial charge in [0.25, 0.3) is 0 Å². The molecule has 0 aliphatic rings. The number of hydrogen-bond donors (Lipinski definition) is 3. The van der Waals surface area contributed by atoms with Crippen molar-refractivity contribution in [2.75, 3.05) is 50.7 Å². The van der Waals surface area contributed by atoms with E-state index >= 15 is 0 Å². The molecular formula is C43H42Br2ClN7O7. The molecule has 0 spiro atoms. The molecule has 0 fully saturated rings. The highest BCUT2D eigenvalue weighted by Crippen LogP contribution is 2.37. The van der Waals surface area contributed by atoms with Crippen molar-refractivity contribution in [1.29, 1.82) is 0 Å². The zero-order valence-corrected chi connectivity index (χ0v) is 36.0. The number of nitrogens with one attached hydrogen (secondary N) is 3. The van der Waals surface area contributed by atoms with Crippen LogP contribution in [0.3, 0.4) is 0 Å². The first-order valence-electron chi connectivity index (χ1n) is 18.4. The fourth-order valence-electron chi connectivity index (χ4n) is 6.59. The van der Waals surface area contributed by atoms with Gasteiger partial charge in [-0.1, -0.05) is 70.5 Å². The van der Waals surface area contributed by atoms with Crippen LogP contribution < -0.4 is 26.8 Å². The standard InChI is InChI=1S/C23H23BrN4O4.C19H15BrClN3O3.CH4/c1-3-25-13-19(29)26-16-7-4-14(5-8-16)20-22-21(28(10-11-31-2)23(30)27-20)17-12-15(24)6-9-18(17)32-22;1-26-9-8-24-17-14-10-12(20)4-7-15(14)27-18(17)16(22-19(24)25)11-2-5-13(23-21)6-3-11;/h4-9,12,25H,3,10-11,13H2,1-2H3,(H,26,29);2-7,10,23H,8-9H2,1H3;1H4. The first kappa shape index (κ1) is 44.2. The van der Waals surface area contributed by atoms with E-state index < -0.39 is 0 Å². The summed E-state index contributed by atoms with van der Waals surface area (Å²) in [6.45, 7) is 4.42. The Labute approximate surface area is 366 Å². The van der Waals surface area contributed by atoms with Crippen molar-refractivity contribution in [2.45, 2.75) is 27.4 Å². The summed E-state index contributed by atoms with van der Waals surface area (Å²) in [6.07, 6.45) is 0. The summed E-state index contributed by atoms with van der Waals surface area (Å²) >= 11 is 12.6. The molecule has 4 heterocycles. The van der Waals surface area contributed by atoms with E-state index in [1.807, 2.05) is 79.7 Å². The van der Waals surface area contributed by atoms with Crippen LogP contribution in [-0.2, 0) is 27.4 Å². The van der Waals surface area contributed by atoms with Crippen LogP contribution in [0.25, 0.3) is 66.7 Å². The van der Waals surface area contributed by atoms with Crippen LogP contribution in [0.15, 0.2) is 112 Å². The van der Waals surface area contributed by atoms with E-state index in [0.717, 1.165) is 37.5 Å². The van der Waals surface area contributed by atoms with E-state index in [1.54, 1.807) is 35.5 Å². The number of fused-ring (bicyclic) bond motifs is 6. The lowest BCUT2D eigenvalue weighted by Crippen LogP contribution is -2.27. The van der Waals surface area contributed by atoms with Crippen molar-refractivity contribution in [3.05, 3.63) is 115 Å². The van der Waals surface area contributed by atoms with Gasteiger partial charge in [0.2, 0.25) is 5.91 Å². The van der Waals surface area contributed by atoms with Crippen LogP contribution in [-0.4, -0.2) is 65.5 Å². The Morgan fingerprint density at radius 3 is 1.58 bits per heavy atom. The SMILES string of the molecule is C.CCNCC(=O)Nc1ccc(-c2nc(=O)n(CCOC)c3c2oc2ccc(Br)cc23)cc1.COCCn1c(=O)nc(-c2ccc(NCl)cc2)c2oc3ccc(Br)cc3c21. The molecule has 0 radical (unpaired) electrons. The summed E-state index contributed by atoms with van der Waals surface area (Å²) in [5.41, 5.74) is 6.94. The van der Waals surface area contributed by atoms with Gasteiger partial charge in [-0.3, -0.25) is 18.8 Å². The van der Waals surface area contributed by atoms with E-state index in [1.165, 1.54) is 0 Å². The van der Waals surface area contributed by atoms with Crippen LogP contribution >= 0.6 is 43.6 Å². The number of hydrogen-bond acceptors (Lipinski definition) is 11. The van der Waals surface area contributed by atoms with Crippen LogP contribution in [0.1, 0.15) is 14.4 Å². The second-order valence-corrected chi connectivity index (χ2v) is 15.2. The number of carbonyl (C=O) groups excluding carboxylic acids is 1. The highest BCUT2D eigenvalue weighted by molar-refractivity contribution is 9.10. The minimum Gasteiger partial charge on any atom is -0.452 e. The van der Waals surface area contributed by atoms with Crippen LogP contribution in [0.4, 0.5) is 11.4 Å². The summed E-state index contributed by atoms with van der Waals surface area (Å²) in [4.78, 5) is 48.9. The fourth-order valence-corrected chi connectivity index (χ4v) is 7.44. The number of ether oxygens (including phenoxy) is 2.